The Labute approximate surface area is 183 Å². The number of fused-ring (bicyclic) bond motifs is 1. The summed E-state index contributed by atoms with van der Waals surface area (Å²) in [6.07, 6.45) is 3.83. The summed E-state index contributed by atoms with van der Waals surface area (Å²) < 4.78 is 6.44. The first-order valence-electron chi connectivity index (χ1n) is 10.9. The van der Waals surface area contributed by atoms with Crippen LogP contribution in [0.15, 0.2) is 48.5 Å². The molecule has 2 aliphatic heterocycles. The Morgan fingerprint density at radius 2 is 1.74 bits per heavy atom. The molecule has 2 amide bonds. The fraction of sp³-hybridized carbons (Fsp3) is 0.360. The number of piperidine rings is 1. The molecule has 0 unspecified atom stereocenters. The Morgan fingerprint density at radius 1 is 1.06 bits per heavy atom. The zero-order valence-electron chi connectivity index (χ0n) is 18.1. The maximum absolute atomic E-state index is 12.7. The average molecular weight is 420 g/mol. The van der Waals surface area contributed by atoms with Crippen molar-refractivity contribution in [3.8, 4) is 5.75 Å². The van der Waals surface area contributed by atoms with Crippen LogP contribution in [0.2, 0.25) is 0 Å². The van der Waals surface area contributed by atoms with E-state index in [1.807, 2.05) is 50.2 Å². The van der Waals surface area contributed by atoms with E-state index in [9.17, 15) is 9.59 Å². The summed E-state index contributed by atoms with van der Waals surface area (Å²) in [5.41, 5.74) is 8.96. The highest BCUT2D eigenvalue weighted by atomic mass is 16.5. The standard InChI is InChI=1S/C25H29N3O3/c1-3-28(4-2)24(30)18-10-8-17(9-11-18)20-16-25(12-14-27-15-13-25)31-21-7-5-6-19(22(20)21)23(26)29/h5-11,16,27H,3-4,12-15H2,1-2H3,(H2,26,29). The third kappa shape index (κ3) is 3.95. The lowest BCUT2D eigenvalue weighted by Gasteiger charge is -2.40. The second kappa shape index (κ2) is 8.55. The smallest absolute Gasteiger partial charge is 0.253 e. The number of carbonyl (C=O) groups is 2. The van der Waals surface area contributed by atoms with Crippen molar-refractivity contribution in [2.24, 2.45) is 5.73 Å². The summed E-state index contributed by atoms with van der Waals surface area (Å²) in [5.74, 6) is 0.213. The van der Waals surface area contributed by atoms with Gasteiger partial charge >= 0.3 is 0 Å². The fourth-order valence-electron chi connectivity index (χ4n) is 4.49. The molecule has 2 heterocycles. The summed E-state index contributed by atoms with van der Waals surface area (Å²) in [4.78, 5) is 26.7. The van der Waals surface area contributed by atoms with E-state index in [0.717, 1.165) is 42.6 Å². The monoisotopic (exact) mass is 419 g/mol. The quantitative estimate of drug-likeness (QED) is 0.779. The predicted octanol–water partition coefficient (Wildman–Crippen LogP) is 3.21. The van der Waals surface area contributed by atoms with Gasteiger partial charge in [-0.25, -0.2) is 0 Å². The first-order valence-corrected chi connectivity index (χ1v) is 10.9. The molecule has 0 aromatic heterocycles. The largest absolute Gasteiger partial charge is 0.482 e. The van der Waals surface area contributed by atoms with Crippen molar-refractivity contribution < 1.29 is 14.3 Å². The van der Waals surface area contributed by atoms with E-state index in [4.69, 9.17) is 10.5 Å². The van der Waals surface area contributed by atoms with Gasteiger partial charge in [0.2, 0.25) is 5.91 Å². The van der Waals surface area contributed by atoms with Gasteiger partial charge in [-0.15, -0.1) is 0 Å². The minimum absolute atomic E-state index is 0.0190. The fourth-order valence-corrected chi connectivity index (χ4v) is 4.49. The van der Waals surface area contributed by atoms with E-state index >= 15 is 0 Å². The number of hydrogen-bond acceptors (Lipinski definition) is 4. The lowest BCUT2D eigenvalue weighted by atomic mass is 9.82. The summed E-state index contributed by atoms with van der Waals surface area (Å²) in [5, 5.41) is 3.38. The molecule has 6 nitrogen and oxygen atoms in total. The maximum atomic E-state index is 12.7. The van der Waals surface area contributed by atoms with E-state index in [1.165, 1.54) is 0 Å². The van der Waals surface area contributed by atoms with Gasteiger partial charge < -0.3 is 20.7 Å². The highest BCUT2D eigenvalue weighted by Gasteiger charge is 2.38. The van der Waals surface area contributed by atoms with Gasteiger partial charge in [0, 0.05) is 37.1 Å². The van der Waals surface area contributed by atoms with Gasteiger partial charge in [-0.3, -0.25) is 9.59 Å². The number of amides is 2. The van der Waals surface area contributed by atoms with E-state index in [0.29, 0.717) is 30.0 Å². The van der Waals surface area contributed by atoms with Crippen LogP contribution in [0.25, 0.3) is 5.57 Å². The molecular weight excluding hydrogens is 390 g/mol. The Morgan fingerprint density at radius 3 is 2.35 bits per heavy atom. The molecule has 3 N–H and O–H groups in total. The van der Waals surface area contributed by atoms with Crippen molar-refractivity contribution in [1.82, 2.24) is 10.2 Å². The van der Waals surface area contributed by atoms with E-state index in [2.05, 4.69) is 11.4 Å². The van der Waals surface area contributed by atoms with Crippen LogP contribution < -0.4 is 15.8 Å². The number of ether oxygens (including phenoxy) is 1. The van der Waals surface area contributed by atoms with E-state index < -0.39 is 11.5 Å². The number of nitrogens with one attached hydrogen (secondary N) is 1. The van der Waals surface area contributed by atoms with Gasteiger partial charge in [0.15, 0.2) is 0 Å². The topological polar surface area (TPSA) is 84.7 Å². The summed E-state index contributed by atoms with van der Waals surface area (Å²) in [6.45, 7) is 7.03. The van der Waals surface area contributed by atoms with Gasteiger partial charge in [-0.05, 0) is 68.4 Å². The van der Waals surface area contributed by atoms with Crippen LogP contribution in [0.4, 0.5) is 0 Å². The third-order valence-corrected chi connectivity index (χ3v) is 6.23. The molecule has 31 heavy (non-hydrogen) atoms. The van der Waals surface area contributed by atoms with Gasteiger partial charge in [-0.1, -0.05) is 18.2 Å². The Balaban J connectivity index is 1.80. The van der Waals surface area contributed by atoms with Crippen LogP contribution in [-0.2, 0) is 0 Å². The van der Waals surface area contributed by atoms with Gasteiger partial charge in [0.1, 0.15) is 11.4 Å². The van der Waals surface area contributed by atoms with Crippen LogP contribution >= 0.6 is 0 Å². The number of primary amides is 1. The molecule has 1 fully saturated rings. The zero-order valence-corrected chi connectivity index (χ0v) is 18.1. The Hall–Kier alpha value is -3.12. The molecular formula is C25H29N3O3. The van der Waals surface area contributed by atoms with Crippen molar-refractivity contribution in [2.75, 3.05) is 26.2 Å². The summed E-state index contributed by atoms with van der Waals surface area (Å²) in [7, 11) is 0. The number of nitrogens with two attached hydrogens (primary N) is 1. The average Bonchev–Trinajstić information content (AvgIpc) is 2.79. The molecule has 0 saturated carbocycles. The first-order chi connectivity index (χ1) is 15.0. The predicted molar refractivity (Wildman–Crippen MR) is 121 cm³/mol. The molecule has 162 valence electrons. The van der Waals surface area contributed by atoms with Crippen LogP contribution in [0, 0.1) is 0 Å². The van der Waals surface area contributed by atoms with Crippen molar-refractivity contribution >= 4 is 17.4 Å². The van der Waals surface area contributed by atoms with Crippen molar-refractivity contribution in [3.05, 3.63) is 70.8 Å². The SMILES string of the molecule is CCN(CC)C(=O)c1ccc(C2=CC3(CCNCC3)Oc3cccc(C(N)=O)c32)cc1. The van der Waals surface area contributed by atoms with Crippen molar-refractivity contribution in [2.45, 2.75) is 32.3 Å². The molecule has 2 aromatic rings. The number of hydrogen-bond donors (Lipinski definition) is 2. The minimum atomic E-state index is -0.485. The Kier molecular flexibility index (Phi) is 5.83. The normalized spacial score (nSPS) is 16.8. The first kappa shape index (κ1) is 21.1. The summed E-state index contributed by atoms with van der Waals surface area (Å²) in [6, 6.07) is 13.0. The highest BCUT2D eigenvalue weighted by Crippen LogP contribution is 2.44. The van der Waals surface area contributed by atoms with Gasteiger partial charge in [0.05, 0.1) is 5.56 Å². The van der Waals surface area contributed by atoms with Crippen LogP contribution in [0.5, 0.6) is 5.75 Å². The summed E-state index contributed by atoms with van der Waals surface area (Å²) >= 11 is 0. The molecule has 0 aliphatic carbocycles. The minimum Gasteiger partial charge on any atom is -0.482 e. The number of rotatable bonds is 5. The van der Waals surface area contributed by atoms with Gasteiger partial charge in [0.25, 0.3) is 5.91 Å². The lowest BCUT2D eigenvalue weighted by molar-refractivity contribution is 0.0772. The number of benzene rings is 2. The molecule has 0 bridgehead atoms. The zero-order chi connectivity index (χ0) is 22.0. The Bertz CT molecular complexity index is 1020. The molecule has 4 rings (SSSR count). The van der Waals surface area contributed by atoms with Crippen molar-refractivity contribution in [3.63, 3.8) is 0 Å². The molecule has 1 saturated heterocycles. The lowest BCUT2D eigenvalue weighted by Crippen LogP contribution is -2.46. The van der Waals surface area contributed by atoms with Crippen LogP contribution in [-0.4, -0.2) is 48.5 Å². The van der Waals surface area contributed by atoms with Crippen molar-refractivity contribution in [1.29, 1.82) is 0 Å². The number of carbonyl (C=O) groups excluding carboxylic acids is 2. The molecule has 1 spiro atoms. The number of nitrogens with zero attached hydrogens (tertiary/aromatic N) is 1. The van der Waals surface area contributed by atoms with Crippen LogP contribution in [0.3, 0.4) is 0 Å². The molecule has 0 atom stereocenters. The highest BCUT2D eigenvalue weighted by molar-refractivity contribution is 6.02. The molecule has 6 heteroatoms. The molecule has 2 aromatic carbocycles. The second-order valence-electron chi connectivity index (χ2n) is 8.07. The maximum Gasteiger partial charge on any atom is 0.253 e. The van der Waals surface area contributed by atoms with Crippen LogP contribution in [0.1, 0.15) is 58.5 Å². The molecule has 2 aliphatic rings. The second-order valence-corrected chi connectivity index (χ2v) is 8.07. The third-order valence-electron chi connectivity index (χ3n) is 6.23. The van der Waals surface area contributed by atoms with Gasteiger partial charge in [-0.2, -0.15) is 0 Å². The molecule has 0 radical (unpaired) electrons. The van der Waals surface area contributed by atoms with E-state index in [1.54, 1.807) is 11.0 Å². The van der Waals surface area contributed by atoms with E-state index in [-0.39, 0.29) is 5.91 Å².